The number of hydrogen-bond acceptors (Lipinski definition) is 3. The van der Waals surface area contributed by atoms with Crippen LogP contribution in [0.1, 0.15) is 30.0 Å². The van der Waals surface area contributed by atoms with E-state index in [2.05, 4.69) is 0 Å². The van der Waals surface area contributed by atoms with Crippen molar-refractivity contribution in [3.05, 3.63) is 35.4 Å². The number of piperidine rings is 1. The molecule has 1 aromatic rings. The van der Waals surface area contributed by atoms with Crippen molar-refractivity contribution in [2.45, 2.75) is 25.8 Å². The van der Waals surface area contributed by atoms with Crippen molar-refractivity contribution in [1.82, 2.24) is 4.90 Å². The second-order valence-corrected chi connectivity index (χ2v) is 5.32. The van der Waals surface area contributed by atoms with Gasteiger partial charge in [-0.1, -0.05) is 29.8 Å². The summed E-state index contributed by atoms with van der Waals surface area (Å²) in [7, 11) is 0. The van der Waals surface area contributed by atoms with Gasteiger partial charge in [-0.3, -0.25) is 14.5 Å². The summed E-state index contributed by atoms with van der Waals surface area (Å²) in [6.07, 6.45) is 1.33. The minimum atomic E-state index is -0.931. The smallest absolute Gasteiger partial charge is 0.325 e. The molecule has 108 valence electrons. The third-order valence-corrected chi connectivity index (χ3v) is 3.79. The molecule has 20 heavy (non-hydrogen) atoms. The first-order valence-corrected chi connectivity index (χ1v) is 6.75. The molecule has 0 aliphatic carbocycles. The van der Waals surface area contributed by atoms with Gasteiger partial charge < -0.3 is 10.2 Å². The second-order valence-electron chi connectivity index (χ2n) is 5.32. The highest BCUT2D eigenvalue weighted by atomic mass is 16.4. The van der Waals surface area contributed by atoms with Gasteiger partial charge in [-0.15, -0.1) is 0 Å². The predicted molar refractivity (Wildman–Crippen MR) is 73.5 cm³/mol. The third-order valence-electron chi connectivity index (χ3n) is 3.79. The van der Waals surface area contributed by atoms with E-state index in [9.17, 15) is 14.7 Å². The van der Waals surface area contributed by atoms with E-state index in [0.29, 0.717) is 31.5 Å². The number of benzene rings is 1. The molecule has 0 aromatic heterocycles. The molecule has 1 aromatic carbocycles. The van der Waals surface area contributed by atoms with Crippen LogP contribution in [0.15, 0.2) is 24.3 Å². The predicted octanol–water partition coefficient (Wildman–Crippen LogP) is 1.92. The van der Waals surface area contributed by atoms with E-state index in [1.165, 1.54) is 0 Å². The Labute approximate surface area is 117 Å². The number of rotatable bonds is 4. The van der Waals surface area contributed by atoms with Gasteiger partial charge in [0, 0.05) is 6.54 Å². The van der Waals surface area contributed by atoms with Gasteiger partial charge in [0.2, 0.25) is 0 Å². The van der Waals surface area contributed by atoms with Gasteiger partial charge in [-0.25, -0.2) is 0 Å². The maximum absolute atomic E-state index is 11.6. The summed E-state index contributed by atoms with van der Waals surface area (Å²) in [5.74, 6) is -2.25. The Balaban J connectivity index is 2.22. The van der Waals surface area contributed by atoms with Gasteiger partial charge in [0.1, 0.15) is 6.04 Å². The summed E-state index contributed by atoms with van der Waals surface area (Å²) >= 11 is 0. The average Bonchev–Trinajstić information content (AvgIpc) is 2.41. The Hall–Kier alpha value is -1.88. The molecule has 5 heteroatoms. The zero-order valence-electron chi connectivity index (χ0n) is 11.5. The van der Waals surface area contributed by atoms with Gasteiger partial charge in [0.15, 0.2) is 0 Å². The van der Waals surface area contributed by atoms with Crippen molar-refractivity contribution in [3.8, 4) is 0 Å². The number of aryl methyl sites for hydroxylation is 1. The van der Waals surface area contributed by atoms with Crippen LogP contribution in [-0.4, -0.2) is 40.1 Å². The SMILES string of the molecule is Cc1ccc(C(C(=O)O)N2CCCC(C(=O)O)C2)cc1. The van der Waals surface area contributed by atoms with Gasteiger partial charge in [-0.05, 0) is 31.9 Å². The highest BCUT2D eigenvalue weighted by Crippen LogP contribution is 2.27. The van der Waals surface area contributed by atoms with Gasteiger partial charge in [-0.2, -0.15) is 0 Å². The number of carbonyl (C=O) groups is 2. The molecule has 1 saturated heterocycles. The fourth-order valence-electron chi connectivity index (χ4n) is 2.70. The highest BCUT2D eigenvalue weighted by molar-refractivity contribution is 5.76. The van der Waals surface area contributed by atoms with E-state index in [-0.39, 0.29) is 0 Å². The van der Waals surface area contributed by atoms with E-state index in [0.717, 1.165) is 5.56 Å². The molecule has 2 N–H and O–H groups in total. The molecule has 2 rings (SSSR count). The summed E-state index contributed by atoms with van der Waals surface area (Å²) in [6, 6.07) is 6.60. The quantitative estimate of drug-likeness (QED) is 0.879. The van der Waals surface area contributed by atoms with Crippen LogP contribution in [0.3, 0.4) is 0 Å². The van der Waals surface area contributed by atoms with Crippen molar-refractivity contribution < 1.29 is 19.8 Å². The number of carboxylic acid groups (broad SMARTS) is 2. The maximum atomic E-state index is 11.6. The van der Waals surface area contributed by atoms with Crippen LogP contribution in [-0.2, 0) is 9.59 Å². The van der Waals surface area contributed by atoms with E-state index in [1.807, 2.05) is 19.1 Å². The van der Waals surface area contributed by atoms with Gasteiger partial charge >= 0.3 is 11.9 Å². The minimum absolute atomic E-state index is 0.292. The lowest BCUT2D eigenvalue weighted by atomic mass is 9.94. The molecule has 5 nitrogen and oxygen atoms in total. The zero-order chi connectivity index (χ0) is 14.7. The number of aliphatic carboxylic acids is 2. The molecule has 0 amide bonds. The van der Waals surface area contributed by atoms with Gasteiger partial charge in [0.05, 0.1) is 5.92 Å². The van der Waals surface area contributed by atoms with Crippen LogP contribution >= 0.6 is 0 Å². The molecule has 0 radical (unpaired) electrons. The van der Waals surface area contributed by atoms with Crippen LogP contribution < -0.4 is 0 Å². The molecule has 1 aliphatic rings. The Morgan fingerprint density at radius 2 is 1.90 bits per heavy atom. The molecular weight excluding hydrogens is 258 g/mol. The van der Waals surface area contributed by atoms with Crippen LogP contribution in [0.2, 0.25) is 0 Å². The largest absolute Gasteiger partial charge is 0.481 e. The fraction of sp³-hybridized carbons (Fsp3) is 0.467. The highest BCUT2D eigenvalue weighted by Gasteiger charge is 2.33. The summed E-state index contributed by atoms with van der Waals surface area (Å²) in [5, 5.41) is 18.6. The molecule has 2 unspecified atom stereocenters. The average molecular weight is 277 g/mol. The standard InChI is InChI=1S/C15H19NO4/c1-10-4-6-11(7-5-10)13(15(19)20)16-8-2-3-12(9-16)14(17)18/h4-7,12-13H,2-3,8-9H2,1H3,(H,17,18)(H,19,20). The number of carboxylic acids is 2. The molecular formula is C15H19NO4. The van der Waals surface area contributed by atoms with Crippen molar-refractivity contribution in [2.75, 3.05) is 13.1 Å². The lowest BCUT2D eigenvalue weighted by Gasteiger charge is -2.35. The fourth-order valence-corrected chi connectivity index (χ4v) is 2.70. The molecule has 1 aliphatic heterocycles. The van der Waals surface area contributed by atoms with Crippen LogP contribution in [0, 0.1) is 12.8 Å². The summed E-state index contributed by atoms with van der Waals surface area (Å²) in [6.45, 7) is 2.86. The topological polar surface area (TPSA) is 77.8 Å². The molecule has 1 heterocycles. The summed E-state index contributed by atoms with van der Waals surface area (Å²) in [5.41, 5.74) is 1.77. The van der Waals surface area contributed by atoms with E-state index in [1.54, 1.807) is 17.0 Å². The molecule has 1 fully saturated rings. The maximum Gasteiger partial charge on any atom is 0.325 e. The van der Waals surface area contributed by atoms with E-state index >= 15 is 0 Å². The Morgan fingerprint density at radius 1 is 1.25 bits per heavy atom. The number of hydrogen-bond donors (Lipinski definition) is 2. The first-order chi connectivity index (χ1) is 9.49. The van der Waals surface area contributed by atoms with Crippen LogP contribution in [0.4, 0.5) is 0 Å². The van der Waals surface area contributed by atoms with E-state index in [4.69, 9.17) is 5.11 Å². The molecule has 2 atom stereocenters. The van der Waals surface area contributed by atoms with Crippen molar-refractivity contribution in [1.29, 1.82) is 0 Å². The molecule has 0 saturated carbocycles. The van der Waals surface area contributed by atoms with Crippen molar-refractivity contribution >= 4 is 11.9 Å². The first-order valence-electron chi connectivity index (χ1n) is 6.75. The van der Waals surface area contributed by atoms with E-state index < -0.39 is 23.9 Å². The summed E-state index contributed by atoms with van der Waals surface area (Å²) < 4.78 is 0. The van der Waals surface area contributed by atoms with Crippen LogP contribution in [0.5, 0.6) is 0 Å². The monoisotopic (exact) mass is 277 g/mol. The van der Waals surface area contributed by atoms with Crippen molar-refractivity contribution in [3.63, 3.8) is 0 Å². The van der Waals surface area contributed by atoms with Crippen molar-refractivity contribution in [2.24, 2.45) is 5.92 Å². The normalized spacial score (nSPS) is 21.4. The lowest BCUT2D eigenvalue weighted by molar-refractivity contribution is -0.149. The molecule has 0 spiro atoms. The van der Waals surface area contributed by atoms with Gasteiger partial charge in [0.25, 0.3) is 0 Å². The number of nitrogens with zero attached hydrogens (tertiary/aromatic N) is 1. The second kappa shape index (κ2) is 6.05. The Kier molecular flexibility index (Phi) is 4.39. The first kappa shape index (κ1) is 14.5. The third kappa shape index (κ3) is 3.17. The Bertz CT molecular complexity index is 497. The lowest BCUT2D eigenvalue weighted by Crippen LogP contribution is -2.43. The zero-order valence-corrected chi connectivity index (χ0v) is 11.5. The van der Waals surface area contributed by atoms with Crippen LogP contribution in [0.25, 0.3) is 0 Å². The Morgan fingerprint density at radius 3 is 2.45 bits per heavy atom. The molecule has 0 bridgehead atoms. The number of likely N-dealkylation sites (tertiary alicyclic amines) is 1. The minimum Gasteiger partial charge on any atom is -0.481 e. The summed E-state index contributed by atoms with van der Waals surface area (Å²) in [4.78, 5) is 24.4.